The van der Waals surface area contributed by atoms with Gasteiger partial charge in [-0.3, -0.25) is 9.59 Å². The summed E-state index contributed by atoms with van der Waals surface area (Å²) in [6.45, 7) is 3.26. The fourth-order valence-electron chi connectivity index (χ4n) is 0.296. The van der Waals surface area contributed by atoms with E-state index in [9.17, 15) is 9.59 Å². The predicted octanol–water partition coefficient (Wildman–Crippen LogP) is 0.898. The Morgan fingerprint density at radius 2 is 2.00 bits per heavy atom. The van der Waals surface area contributed by atoms with Gasteiger partial charge in [0.2, 0.25) is 5.78 Å². The van der Waals surface area contributed by atoms with Gasteiger partial charge in [0.1, 0.15) is 0 Å². The molecule has 0 rings (SSSR count). The molecule has 0 aliphatic carbocycles. The van der Waals surface area contributed by atoms with Gasteiger partial charge >= 0.3 is 0 Å². The Morgan fingerprint density at radius 3 is 2.33 bits per heavy atom. The first kappa shape index (κ1) is 8.69. The van der Waals surface area contributed by atoms with Crippen molar-refractivity contribution in [3.63, 3.8) is 0 Å². The van der Waals surface area contributed by atoms with Crippen LogP contribution in [0.25, 0.3) is 0 Å². The molecule has 0 bridgehead atoms. The summed E-state index contributed by atoms with van der Waals surface area (Å²) in [7, 11) is 0. The minimum Gasteiger partial charge on any atom is -0.291 e. The molecule has 3 heteroatoms. The number of hydrogen-bond donors (Lipinski definition) is 0. The van der Waals surface area contributed by atoms with Gasteiger partial charge < -0.3 is 0 Å². The number of Topliss-reactive ketones (excluding diaryl/α,β-unsaturated/α-hetero) is 2. The Bertz CT molecular complexity index is 120. The molecule has 0 spiro atoms. The van der Waals surface area contributed by atoms with Gasteiger partial charge in [0.05, 0.1) is 5.75 Å². The summed E-state index contributed by atoms with van der Waals surface area (Å²) < 4.78 is 0. The Kier molecular flexibility index (Phi) is 4.40. The monoisotopic (exact) mass is 146 g/mol. The van der Waals surface area contributed by atoms with Crippen LogP contribution in [-0.2, 0) is 9.59 Å². The number of thioether (sulfide) groups is 1. The normalized spacial score (nSPS) is 9.11. The second-order valence-corrected chi connectivity index (χ2v) is 2.89. The van der Waals surface area contributed by atoms with Crippen molar-refractivity contribution in [1.82, 2.24) is 0 Å². The van der Waals surface area contributed by atoms with E-state index in [4.69, 9.17) is 0 Å². The lowest BCUT2D eigenvalue weighted by Gasteiger charge is -1.91. The van der Waals surface area contributed by atoms with Crippen LogP contribution in [0.1, 0.15) is 13.8 Å². The van der Waals surface area contributed by atoms with Crippen molar-refractivity contribution >= 4 is 23.3 Å². The van der Waals surface area contributed by atoms with Crippen LogP contribution in [0.3, 0.4) is 0 Å². The standard InChI is InChI=1S/C6H10O2S/c1-3-9-4-6(8)5(2)7/h3-4H2,1-2H3. The highest BCUT2D eigenvalue weighted by Gasteiger charge is 2.05. The van der Waals surface area contributed by atoms with Crippen molar-refractivity contribution in [3.8, 4) is 0 Å². The summed E-state index contributed by atoms with van der Waals surface area (Å²) in [6.07, 6.45) is 0. The summed E-state index contributed by atoms with van der Waals surface area (Å²) in [5.74, 6) is 0.614. The summed E-state index contributed by atoms with van der Waals surface area (Å²) >= 11 is 1.47. The molecule has 0 aliphatic rings. The Morgan fingerprint density at radius 1 is 1.44 bits per heavy atom. The van der Waals surface area contributed by atoms with E-state index in [1.54, 1.807) is 0 Å². The summed E-state index contributed by atoms with van der Waals surface area (Å²) in [6, 6.07) is 0. The molecular weight excluding hydrogens is 136 g/mol. The van der Waals surface area contributed by atoms with Gasteiger partial charge in [0.15, 0.2) is 5.78 Å². The Balaban J connectivity index is 3.39. The van der Waals surface area contributed by atoms with Crippen molar-refractivity contribution in [2.24, 2.45) is 0 Å². The molecule has 0 unspecified atom stereocenters. The third kappa shape index (κ3) is 4.21. The van der Waals surface area contributed by atoms with Crippen LogP contribution in [0.5, 0.6) is 0 Å². The molecule has 0 amide bonds. The van der Waals surface area contributed by atoms with E-state index < -0.39 is 0 Å². The predicted molar refractivity (Wildman–Crippen MR) is 38.7 cm³/mol. The lowest BCUT2D eigenvalue weighted by atomic mass is 10.3. The number of carbonyl (C=O) groups excluding carboxylic acids is 2. The van der Waals surface area contributed by atoms with E-state index in [0.29, 0.717) is 5.75 Å². The van der Waals surface area contributed by atoms with Crippen LogP contribution in [0.4, 0.5) is 0 Å². The average molecular weight is 146 g/mol. The number of ketones is 2. The van der Waals surface area contributed by atoms with Crippen molar-refractivity contribution in [3.05, 3.63) is 0 Å². The first-order valence-electron chi connectivity index (χ1n) is 2.80. The molecule has 2 nitrogen and oxygen atoms in total. The van der Waals surface area contributed by atoms with E-state index in [2.05, 4.69) is 0 Å². The molecule has 0 aliphatic heterocycles. The Labute approximate surface area is 59.0 Å². The van der Waals surface area contributed by atoms with Crippen LogP contribution in [0.2, 0.25) is 0 Å². The molecule has 0 fully saturated rings. The maximum atomic E-state index is 10.5. The summed E-state index contributed by atoms with van der Waals surface area (Å²) in [4.78, 5) is 20.8. The van der Waals surface area contributed by atoms with E-state index in [0.717, 1.165) is 5.75 Å². The van der Waals surface area contributed by atoms with Crippen LogP contribution in [0.15, 0.2) is 0 Å². The molecule has 52 valence electrons. The number of rotatable bonds is 4. The van der Waals surface area contributed by atoms with Crippen molar-refractivity contribution < 1.29 is 9.59 Å². The largest absolute Gasteiger partial charge is 0.291 e. The molecule has 9 heavy (non-hydrogen) atoms. The molecule has 0 saturated heterocycles. The highest BCUT2D eigenvalue weighted by molar-refractivity contribution is 8.00. The van der Waals surface area contributed by atoms with E-state index in [1.165, 1.54) is 18.7 Å². The van der Waals surface area contributed by atoms with Crippen molar-refractivity contribution in [2.45, 2.75) is 13.8 Å². The minimum atomic E-state index is -0.337. The molecular formula is C6H10O2S. The van der Waals surface area contributed by atoms with Gasteiger partial charge in [-0.15, -0.1) is 0 Å². The topological polar surface area (TPSA) is 34.1 Å². The lowest BCUT2D eigenvalue weighted by Crippen LogP contribution is -2.11. The molecule has 0 saturated carbocycles. The van der Waals surface area contributed by atoms with Crippen LogP contribution < -0.4 is 0 Å². The summed E-state index contributed by atoms with van der Waals surface area (Å²) in [5.41, 5.74) is 0. The Hall–Kier alpha value is -0.310. The molecule has 0 aromatic rings. The first-order valence-corrected chi connectivity index (χ1v) is 3.95. The molecule has 0 atom stereocenters. The SMILES string of the molecule is CCSCC(=O)C(C)=O. The maximum Gasteiger partial charge on any atom is 0.207 e. The smallest absolute Gasteiger partial charge is 0.207 e. The fourth-order valence-corrected chi connectivity index (χ4v) is 0.889. The number of carbonyl (C=O) groups is 2. The summed E-state index contributed by atoms with van der Waals surface area (Å²) in [5, 5.41) is 0. The van der Waals surface area contributed by atoms with Crippen LogP contribution in [-0.4, -0.2) is 23.1 Å². The van der Waals surface area contributed by atoms with Crippen molar-refractivity contribution in [2.75, 3.05) is 11.5 Å². The van der Waals surface area contributed by atoms with Gasteiger partial charge in [-0.25, -0.2) is 0 Å². The maximum absolute atomic E-state index is 10.5. The molecule has 0 radical (unpaired) electrons. The fraction of sp³-hybridized carbons (Fsp3) is 0.667. The van der Waals surface area contributed by atoms with Gasteiger partial charge in [0, 0.05) is 6.92 Å². The molecule has 0 aromatic carbocycles. The zero-order valence-electron chi connectivity index (χ0n) is 5.64. The van der Waals surface area contributed by atoms with Gasteiger partial charge in [-0.2, -0.15) is 11.8 Å². The second-order valence-electron chi connectivity index (χ2n) is 1.62. The van der Waals surface area contributed by atoms with Crippen LogP contribution >= 0.6 is 11.8 Å². The zero-order valence-corrected chi connectivity index (χ0v) is 6.46. The zero-order chi connectivity index (χ0) is 7.28. The van der Waals surface area contributed by atoms with Crippen LogP contribution in [0, 0.1) is 0 Å². The minimum absolute atomic E-state index is 0.276. The quantitative estimate of drug-likeness (QED) is 0.552. The molecule has 0 aromatic heterocycles. The molecule has 0 heterocycles. The molecule has 0 N–H and O–H groups in total. The van der Waals surface area contributed by atoms with E-state index >= 15 is 0 Å². The average Bonchev–Trinajstić information content (AvgIpc) is 1.82. The highest BCUT2D eigenvalue weighted by Crippen LogP contribution is 1.97. The van der Waals surface area contributed by atoms with Gasteiger partial charge in [-0.05, 0) is 5.75 Å². The van der Waals surface area contributed by atoms with Gasteiger partial charge in [-0.1, -0.05) is 6.92 Å². The van der Waals surface area contributed by atoms with Gasteiger partial charge in [0.25, 0.3) is 0 Å². The first-order chi connectivity index (χ1) is 4.18. The van der Waals surface area contributed by atoms with E-state index in [-0.39, 0.29) is 11.6 Å². The van der Waals surface area contributed by atoms with E-state index in [1.807, 2.05) is 6.92 Å². The second kappa shape index (κ2) is 4.56. The lowest BCUT2D eigenvalue weighted by molar-refractivity contribution is -0.133. The number of hydrogen-bond acceptors (Lipinski definition) is 3. The third-order valence-corrected chi connectivity index (χ3v) is 1.70. The third-order valence-electron chi connectivity index (χ3n) is 0.830. The highest BCUT2D eigenvalue weighted by atomic mass is 32.2. The van der Waals surface area contributed by atoms with Crippen molar-refractivity contribution in [1.29, 1.82) is 0 Å².